The van der Waals surface area contributed by atoms with Crippen LogP contribution in [0.2, 0.25) is 0 Å². The van der Waals surface area contributed by atoms with Crippen molar-refractivity contribution in [1.82, 2.24) is 10.6 Å². The Morgan fingerprint density at radius 1 is 1.55 bits per heavy atom. The maximum atomic E-state index is 12.1. The second-order valence-corrected chi connectivity index (χ2v) is 6.10. The summed E-state index contributed by atoms with van der Waals surface area (Å²) >= 11 is 0. The number of aliphatic hydroxyl groups excluding tert-OH is 1. The highest BCUT2D eigenvalue weighted by Gasteiger charge is 2.24. The van der Waals surface area contributed by atoms with E-state index in [0.29, 0.717) is 6.04 Å². The molecule has 1 unspecified atom stereocenters. The summed E-state index contributed by atoms with van der Waals surface area (Å²) in [7, 11) is 0. The molecular weight excluding hydrogens is 280 g/mol. The fourth-order valence-electron chi connectivity index (χ4n) is 2.69. The number of benzene rings is 1. The lowest BCUT2D eigenvalue weighted by Crippen LogP contribution is -2.44. The molecule has 2 rings (SSSR count). The van der Waals surface area contributed by atoms with Gasteiger partial charge in [0.05, 0.1) is 0 Å². The van der Waals surface area contributed by atoms with Crippen LogP contribution in [0.1, 0.15) is 25.3 Å². The number of ether oxygens (including phenoxy) is 1. The number of aryl methyl sites for hydroxylation is 1. The lowest BCUT2D eigenvalue weighted by Gasteiger charge is -2.27. The van der Waals surface area contributed by atoms with E-state index in [2.05, 4.69) is 17.6 Å². The Labute approximate surface area is 132 Å². The quantitative estimate of drug-likeness (QED) is 0.739. The number of hydrogen-bond donors (Lipinski definition) is 3. The summed E-state index contributed by atoms with van der Waals surface area (Å²) in [5, 5.41) is 16.1. The fourth-order valence-corrected chi connectivity index (χ4v) is 2.69. The Morgan fingerprint density at radius 2 is 2.36 bits per heavy atom. The van der Waals surface area contributed by atoms with E-state index >= 15 is 0 Å². The van der Waals surface area contributed by atoms with Gasteiger partial charge in [-0.25, -0.2) is 0 Å². The average molecular weight is 306 g/mol. The molecule has 0 aliphatic carbocycles. The minimum atomic E-state index is -0.705. The number of nitrogens with one attached hydrogen (secondary N) is 2. The molecule has 1 amide bonds. The Balaban J connectivity index is 1.68. The first-order chi connectivity index (χ1) is 10.5. The van der Waals surface area contributed by atoms with Crippen molar-refractivity contribution in [3.63, 3.8) is 0 Å². The van der Waals surface area contributed by atoms with E-state index < -0.39 is 6.10 Å². The number of hydrogen-bond acceptors (Lipinski definition) is 4. The van der Waals surface area contributed by atoms with Gasteiger partial charge in [0.2, 0.25) is 5.91 Å². The Hall–Kier alpha value is -1.59. The van der Waals surface area contributed by atoms with Gasteiger partial charge in [0.1, 0.15) is 18.5 Å². The number of carbonyl (C=O) groups is 1. The molecule has 1 fully saturated rings. The number of piperidine rings is 1. The van der Waals surface area contributed by atoms with Gasteiger partial charge >= 0.3 is 0 Å². The molecule has 1 aliphatic heterocycles. The lowest BCUT2D eigenvalue weighted by atomic mass is 9.92. The van der Waals surface area contributed by atoms with Gasteiger partial charge < -0.3 is 20.5 Å². The predicted molar refractivity (Wildman–Crippen MR) is 85.9 cm³/mol. The SMILES string of the molecule is Cc1cccc(OCC(O)CNC(=O)[C@H]2CCN[C@@H](C)C2)c1. The molecule has 0 spiro atoms. The van der Waals surface area contributed by atoms with Crippen LogP contribution < -0.4 is 15.4 Å². The van der Waals surface area contributed by atoms with Crippen LogP contribution in [0.5, 0.6) is 5.75 Å². The third kappa shape index (κ3) is 5.31. The molecule has 1 heterocycles. The van der Waals surface area contributed by atoms with Crippen LogP contribution in [-0.4, -0.2) is 42.9 Å². The van der Waals surface area contributed by atoms with E-state index in [-0.39, 0.29) is 25.0 Å². The molecule has 0 aromatic heterocycles. The number of amides is 1. The summed E-state index contributed by atoms with van der Waals surface area (Å²) in [5.41, 5.74) is 1.11. The zero-order valence-corrected chi connectivity index (χ0v) is 13.3. The second-order valence-electron chi connectivity index (χ2n) is 6.10. The molecule has 3 atom stereocenters. The molecule has 3 N–H and O–H groups in total. The molecule has 5 nitrogen and oxygen atoms in total. The number of aliphatic hydroxyl groups is 1. The first-order valence-corrected chi connectivity index (χ1v) is 7.93. The third-order valence-electron chi connectivity index (χ3n) is 3.94. The summed E-state index contributed by atoms with van der Waals surface area (Å²) in [6, 6.07) is 8.05. The van der Waals surface area contributed by atoms with E-state index in [1.165, 1.54) is 0 Å². The van der Waals surface area contributed by atoms with Crippen LogP contribution in [0.4, 0.5) is 0 Å². The summed E-state index contributed by atoms with van der Waals surface area (Å²) in [6.07, 6.45) is 0.997. The standard InChI is InChI=1S/C17H26N2O3/c1-12-4-3-5-16(8-12)22-11-15(20)10-19-17(21)14-6-7-18-13(2)9-14/h3-5,8,13-15,18,20H,6-7,9-11H2,1-2H3,(H,19,21)/t13-,14-,15?/m0/s1. The molecule has 22 heavy (non-hydrogen) atoms. The highest BCUT2D eigenvalue weighted by molar-refractivity contribution is 5.78. The smallest absolute Gasteiger partial charge is 0.223 e. The maximum Gasteiger partial charge on any atom is 0.223 e. The number of rotatable bonds is 6. The topological polar surface area (TPSA) is 70.6 Å². The van der Waals surface area contributed by atoms with Crippen LogP contribution in [-0.2, 0) is 4.79 Å². The average Bonchev–Trinajstić information content (AvgIpc) is 2.50. The summed E-state index contributed by atoms with van der Waals surface area (Å²) < 4.78 is 5.53. The van der Waals surface area contributed by atoms with E-state index in [9.17, 15) is 9.90 Å². The predicted octanol–water partition coefficient (Wildman–Crippen LogP) is 1.24. The molecule has 0 bridgehead atoms. The third-order valence-corrected chi connectivity index (χ3v) is 3.94. The summed E-state index contributed by atoms with van der Waals surface area (Å²) in [5.74, 6) is 0.807. The van der Waals surface area contributed by atoms with Crippen molar-refractivity contribution in [3.8, 4) is 5.75 Å². The molecule has 1 aromatic rings. The lowest BCUT2D eigenvalue weighted by molar-refractivity contribution is -0.126. The van der Waals surface area contributed by atoms with E-state index in [0.717, 1.165) is 30.7 Å². The minimum absolute atomic E-state index is 0.0305. The van der Waals surface area contributed by atoms with Gasteiger partial charge in [-0.3, -0.25) is 4.79 Å². The molecular formula is C17H26N2O3. The van der Waals surface area contributed by atoms with Gasteiger partial charge in [-0.15, -0.1) is 0 Å². The first-order valence-electron chi connectivity index (χ1n) is 7.93. The van der Waals surface area contributed by atoms with Crippen molar-refractivity contribution in [3.05, 3.63) is 29.8 Å². The van der Waals surface area contributed by atoms with Crippen molar-refractivity contribution in [1.29, 1.82) is 0 Å². The van der Waals surface area contributed by atoms with E-state index in [1.54, 1.807) is 0 Å². The van der Waals surface area contributed by atoms with Crippen LogP contribution in [0.15, 0.2) is 24.3 Å². The van der Waals surface area contributed by atoms with Gasteiger partial charge in [0, 0.05) is 18.5 Å². The zero-order valence-electron chi connectivity index (χ0n) is 13.3. The molecule has 5 heteroatoms. The van der Waals surface area contributed by atoms with Gasteiger partial charge in [0.25, 0.3) is 0 Å². The molecule has 0 radical (unpaired) electrons. The minimum Gasteiger partial charge on any atom is -0.491 e. The van der Waals surface area contributed by atoms with Crippen molar-refractivity contribution in [2.75, 3.05) is 19.7 Å². The highest BCUT2D eigenvalue weighted by atomic mass is 16.5. The monoisotopic (exact) mass is 306 g/mol. The Morgan fingerprint density at radius 3 is 3.09 bits per heavy atom. The van der Waals surface area contributed by atoms with E-state index in [1.807, 2.05) is 31.2 Å². The van der Waals surface area contributed by atoms with Crippen molar-refractivity contribution in [2.45, 2.75) is 38.8 Å². The number of carbonyl (C=O) groups excluding carboxylic acids is 1. The Kier molecular flexibility index (Phi) is 6.21. The summed E-state index contributed by atoms with van der Waals surface area (Å²) in [4.78, 5) is 12.1. The molecule has 0 saturated carbocycles. The van der Waals surface area contributed by atoms with Crippen LogP contribution >= 0.6 is 0 Å². The van der Waals surface area contributed by atoms with Crippen molar-refractivity contribution < 1.29 is 14.6 Å². The van der Waals surface area contributed by atoms with Crippen molar-refractivity contribution >= 4 is 5.91 Å². The maximum absolute atomic E-state index is 12.1. The molecule has 1 aliphatic rings. The molecule has 1 aromatic carbocycles. The van der Waals surface area contributed by atoms with Gasteiger partial charge in [-0.1, -0.05) is 12.1 Å². The normalized spacial score (nSPS) is 22.9. The summed E-state index contributed by atoms with van der Waals surface area (Å²) in [6.45, 7) is 5.35. The van der Waals surface area contributed by atoms with Gasteiger partial charge in [-0.2, -0.15) is 0 Å². The molecule has 1 saturated heterocycles. The first kappa shape index (κ1) is 16.8. The van der Waals surface area contributed by atoms with E-state index in [4.69, 9.17) is 4.74 Å². The van der Waals surface area contributed by atoms with Gasteiger partial charge in [0.15, 0.2) is 0 Å². The van der Waals surface area contributed by atoms with Crippen LogP contribution in [0.3, 0.4) is 0 Å². The van der Waals surface area contributed by atoms with Crippen LogP contribution in [0, 0.1) is 12.8 Å². The zero-order chi connectivity index (χ0) is 15.9. The Bertz CT molecular complexity index is 493. The van der Waals surface area contributed by atoms with Gasteiger partial charge in [-0.05, 0) is 50.9 Å². The highest BCUT2D eigenvalue weighted by Crippen LogP contribution is 2.16. The van der Waals surface area contributed by atoms with Crippen LogP contribution in [0.25, 0.3) is 0 Å². The molecule has 122 valence electrons. The second kappa shape index (κ2) is 8.15. The van der Waals surface area contributed by atoms with Crippen molar-refractivity contribution in [2.24, 2.45) is 5.92 Å². The largest absolute Gasteiger partial charge is 0.491 e. The fraction of sp³-hybridized carbons (Fsp3) is 0.588.